The number of ether oxygens (including phenoxy) is 4. The number of carbonyl (C=O) groups excluding carboxylic acids is 2. The molecule has 1 saturated heterocycles. The summed E-state index contributed by atoms with van der Waals surface area (Å²) < 4.78 is 24.4. The zero-order valence-electron chi connectivity index (χ0n) is 26.4. The summed E-state index contributed by atoms with van der Waals surface area (Å²) in [6.45, 7) is 3.33. The van der Waals surface area contributed by atoms with Crippen molar-refractivity contribution in [1.82, 2.24) is 9.47 Å². The summed E-state index contributed by atoms with van der Waals surface area (Å²) in [4.78, 5) is 47.5. The highest BCUT2D eigenvalue weighted by molar-refractivity contribution is 7.07. The van der Waals surface area contributed by atoms with E-state index in [9.17, 15) is 14.4 Å². The van der Waals surface area contributed by atoms with Gasteiger partial charge in [0.15, 0.2) is 22.9 Å². The average Bonchev–Trinajstić information content (AvgIpc) is 3.75. The Morgan fingerprint density at radius 1 is 0.957 bits per heavy atom. The third kappa shape index (κ3) is 6.57. The van der Waals surface area contributed by atoms with Crippen LogP contribution in [-0.2, 0) is 14.3 Å². The first-order valence-electron chi connectivity index (χ1n) is 15.4. The number of fused-ring (bicyclic) bond motifs is 1. The minimum Gasteiger partial charge on any atom is -0.497 e. The summed E-state index contributed by atoms with van der Waals surface area (Å²) in [6, 6.07) is 21.2. The fraction of sp³-hybridized carbons (Fsp3) is 0.278. The van der Waals surface area contributed by atoms with E-state index in [-0.39, 0.29) is 30.3 Å². The summed E-state index contributed by atoms with van der Waals surface area (Å²) in [7, 11) is 3.09. The van der Waals surface area contributed by atoms with Gasteiger partial charge in [0.2, 0.25) is 0 Å². The highest BCUT2D eigenvalue weighted by atomic mass is 32.1. The molecule has 0 unspecified atom stereocenters. The molecule has 0 bridgehead atoms. The molecule has 1 aromatic heterocycles. The van der Waals surface area contributed by atoms with E-state index in [0.717, 1.165) is 31.5 Å². The number of carbonyl (C=O) groups is 2. The van der Waals surface area contributed by atoms with Gasteiger partial charge in [0.05, 0.1) is 42.7 Å². The number of nitrogens with zero attached hydrogens (tertiary/aromatic N) is 3. The number of rotatable bonds is 10. The van der Waals surface area contributed by atoms with Crippen molar-refractivity contribution in [2.24, 2.45) is 4.99 Å². The van der Waals surface area contributed by atoms with Gasteiger partial charge in [-0.05, 0) is 61.2 Å². The highest BCUT2D eigenvalue weighted by Gasteiger charge is 2.35. The Balaban J connectivity index is 1.45. The smallest absolute Gasteiger partial charge is 0.338 e. The van der Waals surface area contributed by atoms with Gasteiger partial charge < -0.3 is 23.8 Å². The first-order valence-corrected chi connectivity index (χ1v) is 16.2. The Bertz CT molecular complexity index is 2010. The van der Waals surface area contributed by atoms with Gasteiger partial charge in [0.25, 0.3) is 11.5 Å². The van der Waals surface area contributed by atoms with Crippen LogP contribution in [0.2, 0.25) is 0 Å². The van der Waals surface area contributed by atoms with Gasteiger partial charge in [-0.25, -0.2) is 9.79 Å². The standard InChI is InChI=1S/C36H35N3O7S/c1-4-45-35(42)31-32(24-11-6-5-7-12-24)37-36-39(33(31)25-13-10-14-26(21-25)43-2)34(41)29(47-36)20-23-15-16-27(28(19-23)44-3)46-22-30(40)38-17-8-9-18-38/h5-7,10-16,19-21,33H,4,8-9,17-18,22H2,1-3H3/b29-20+/t33-/m0/s1. The SMILES string of the molecule is CCOC(=O)C1=C(c2ccccc2)N=c2s/c(=C/c3ccc(OCC(=O)N4CCCC4)c(OC)c3)c(=O)n2[C@H]1c1cccc(OC)c1. The minimum absolute atomic E-state index is 0.0580. The van der Waals surface area contributed by atoms with Gasteiger partial charge in [0.1, 0.15) is 5.75 Å². The van der Waals surface area contributed by atoms with Crippen molar-refractivity contribution in [1.29, 1.82) is 0 Å². The maximum atomic E-state index is 14.2. The third-order valence-electron chi connectivity index (χ3n) is 8.08. The molecule has 3 heterocycles. The Morgan fingerprint density at radius 2 is 1.74 bits per heavy atom. The lowest BCUT2D eigenvalue weighted by Crippen LogP contribution is -2.40. The van der Waals surface area contributed by atoms with Crippen LogP contribution in [0.4, 0.5) is 0 Å². The van der Waals surface area contributed by atoms with Crippen molar-refractivity contribution in [3.63, 3.8) is 0 Å². The van der Waals surface area contributed by atoms with Gasteiger partial charge in [-0.2, -0.15) is 0 Å². The Kier molecular flexibility index (Phi) is 9.53. The predicted molar refractivity (Wildman–Crippen MR) is 178 cm³/mol. The number of thiazole rings is 1. The third-order valence-corrected chi connectivity index (χ3v) is 9.06. The van der Waals surface area contributed by atoms with Gasteiger partial charge in [-0.15, -0.1) is 0 Å². The van der Waals surface area contributed by atoms with Gasteiger partial charge in [-0.3, -0.25) is 14.2 Å². The summed E-state index contributed by atoms with van der Waals surface area (Å²) in [6.07, 6.45) is 3.77. The van der Waals surface area contributed by atoms with Crippen molar-refractivity contribution in [3.8, 4) is 17.2 Å². The second-order valence-electron chi connectivity index (χ2n) is 11.0. The molecule has 0 spiro atoms. The maximum Gasteiger partial charge on any atom is 0.338 e. The molecule has 1 fully saturated rings. The molecule has 0 radical (unpaired) electrons. The van der Waals surface area contributed by atoms with E-state index in [2.05, 4.69) is 0 Å². The average molecular weight is 654 g/mol. The normalized spacial score (nSPS) is 16.0. The maximum absolute atomic E-state index is 14.2. The molecular formula is C36H35N3O7S. The van der Waals surface area contributed by atoms with Crippen LogP contribution in [-0.4, -0.2) is 61.9 Å². The fourth-order valence-corrected chi connectivity index (χ4v) is 6.81. The molecule has 10 nitrogen and oxygen atoms in total. The summed E-state index contributed by atoms with van der Waals surface area (Å²) in [5.74, 6) is 0.843. The van der Waals surface area contributed by atoms with Gasteiger partial charge in [-0.1, -0.05) is 59.9 Å². The number of esters is 1. The van der Waals surface area contributed by atoms with Crippen LogP contribution < -0.4 is 29.1 Å². The number of hydrogen-bond donors (Lipinski definition) is 0. The number of methoxy groups -OCH3 is 2. The largest absolute Gasteiger partial charge is 0.497 e. The van der Waals surface area contributed by atoms with Crippen molar-refractivity contribution in [2.45, 2.75) is 25.8 Å². The first kappa shape index (κ1) is 31.8. The fourth-order valence-electron chi connectivity index (χ4n) is 5.81. The molecular weight excluding hydrogens is 618 g/mol. The van der Waals surface area contributed by atoms with Crippen molar-refractivity contribution in [2.75, 3.05) is 40.5 Å². The van der Waals surface area contributed by atoms with Crippen LogP contribution in [0.25, 0.3) is 11.8 Å². The molecule has 0 N–H and O–H groups in total. The number of hydrogen-bond acceptors (Lipinski definition) is 9. The highest BCUT2D eigenvalue weighted by Crippen LogP contribution is 2.36. The molecule has 1 atom stereocenters. The van der Waals surface area contributed by atoms with Crippen LogP contribution in [0, 0.1) is 0 Å². The number of amides is 1. The summed E-state index contributed by atoms with van der Waals surface area (Å²) in [5, 5.41) is 0. The van der Waals surface area contributed by atoms with E-state index in [1.807, 2.05) is 54.6 Å². The molecule has 47 heavy (non-hydrogen) atoms. The van der Waals surface area contributed by atoms with E-state index in [1.165, 1.54) is 18.4 Å². The Morgan fingerprint density at radius 3 is 2.47 bits per heavy atom. The predicted octanol–water partition coefficient (Wildman–Crippen LogP) is 3.95. The van der Waals surface area contributed by atoms with Gasteiger partial charge >= 0.3 is 5.97 Å². The molecule has 2 aliphatic rings. The zero-order chi connectivity index (χ0) is 32.9. The van der Waals surface area contributed by atoms with Crippen LogP contribution in [0.1, 0.15) is 42.5 Å². The monoisotopic (exact) mass is 653 g/mol. The molecule has 242 valence electrons. The first-order chi connectivity index (χ1) is 22.9. The molecule has 11 heteroatoms. The van der Waals surface area contributed by atoms with Crippen LogP contribution in [0.15, 0.2) is 88.2 Å². The van der Waals surface area contributed by atoms with Crippen molar-refractivity contribution >= 4 is 35.0 Å². The lowest BCUT2D eigenvalue weighted by molar-refractivity contribution is -0.139. The Labute approximate surface area is 275 Å². The summed E-state index contributed by atoms with van der Waals surface area (Å²) in [5.41, 5.74) is 2.48. The molecule has 6 rings (SSSR count). The lowest BCUT2D eigenvalue weighted by Gasteiger charge is -2.26. The quantitative estimate of drug-likeness (QED) is 0.239. The number of benzene rings is 3. The number of likely N-dealkylation sites (tertiary alicyclic amines) is 1. The van der Waals surface area contributed by atoms with Crippen LogP contribution >= 0.6 is 11.3 Å². The minimum atomic E-state index is -0.823. The molecule has 0 saturated carbocycles. The molecule has 4 aromatic rings. The molecule has 2 aliphatic heterocycles. The second-order valence-corrected chi connectivity index (χ2v) is 12.0. The van der Waals surface area contributed by atoms with E-state index in [0.29, 0.717) is 43.4 Å². The summed E-state index contributed by atoms with van der Waals surface area (Å²) >= 11 is 1.23. The topological polar surface area (TPSA) is 109 Å². The van der Waals surface area contributed by atoms with Crippen molar-refractivity contribution < 1.29 is 28.5 Å². The Hall–Kier alpha value is -5.16. The molecule has 1 amide bonds. The van der Waals surface area contributed by atoms with Crippen LogP contribution in [0.5, 0.6) is 17.2 Å². The van der Waals surface area contributed by atoms with Crippen molar-refractivity contribution in [3.05, 3.63) is 115 Å². The zero-order valence-corrected chi connectivity index (χ0v) is 27.2. The van der Waals surface area contributed by atoms with E-state index < -0.39 is 12.0 Å². The second kappa shape index (κ2) is 14.1. The van der Waals surface area contributed by atoms with E-state index in [4.69, 9.17) is 23.9 Å². The van der Waals surface area contributed by atoms with Crippen LogP contribution in [0.3, 0.4) is 0 Å². The van der Waals surface area contributed by atoms with E-state index in [1.54, 1.807) is 47.8 Å². The van der Waals surface area contributed by atoms with Gasteiger partial charge in [0, 0.05) is 18.7 Å². The lowest BCUT2D eigenvalue weighted by atomic mass is 9.93. The molecule has 0 aliphatic carbocycles. The molecule has 3 aromatic carbocycles. The van der Waals surface area contributed by atoms with E-state index >= 15 is 0 Å². The number of aromatic nitrogens is 1.